The Morgan fingerprint density at radius 2 is 1.19 bits per heavy atom. The zero-order chi connectivity index (χ0) is 37.6. The largest absolute Gasteiger partial charge is 0.508 e. The molecule has 0 saturated carbocycles. The molecule has 3 aromatic rings. The van der Waals surface area contributed by atoms with Crippen molar-refractivity contribution in [3.63, 3.8) is 0 Å². The summed E-state index contributed by atoms with van der Waals surface area (Å²) < 4.78 is 34.3. The third-order valence-electron chi connectivity index (χ3n) is 9.50. The Labute approximate surface area is 293 Å². The van der Waals surface area contributed by atoms with Gasteiger partial charge in [-0.05, 0) is 29.8 Å². The smallest absolute Gasteiger partial charge is 0.229 e. The van der Waals surface area contributed by atoms with Crippen molar-refractivity contribution in [2.24, 2.45) is 0 Å². The van der Waals surface area contributed by atoms with Crippen molar-refractivity contribution in [1.29, 1.82) is 0 Å². The number of aliphatic hydroxyl groups is 11. The molecular formula is C33H40O19. The van der Waals surface area contributed by atoms with Gasteiger partial charge >= 0.3 is 0 Å². The van der Waals surface area contributed by atoms with Gasteiger partial charge in [-0.3, -0.25) is 4.79 Å². The van der Waals surface area contributed by atoms with Crippen LogP contribution in [-0.4, -0.2) is 167 Å². The van der Waals surface area contributed by atoms with E-state index in [9.17, 15) is 66.1 Å². The Morgan fingerprint density at radius 1 is 0.615 bits per heavy atom. The predicted octanol–water partition coefficient (Wildman–Crippen LogP) is -4.32. The fraction of sp³-hybridized carbons (Fsp3) is 0.545. The number of benzene rings is 2. The van der Waals surface area contributed by atoms with Gasteiger partial charge in [0, 0.05) is 0 Å². The van der Waals surface area contributed by atoms with E-state index in [0.717, 1.165) is 6.26 Å². The molecule has 2 aromatic carbocycles. The van der Waals surface area contributed by atoms with Gasteiger partial charge in [0.15, 0.2) is 6.29 Å². The lowest BCUT2D eigenvalue weighted by atomic mass is 9.89. The van der Waals surface area contributed by atoms with E-state index in [-0.39, 0.29) is 33.6 Å². The molecular weight excluding hydrogens is 700 g/mol. The van der Waals surface area contributed by atoms with Crippen LogP contribution in [0, 0.1) is 0 Å². The number of aliphatic hydroxyl groups excluding tert-OH is 11. The molecule has 0 unspecified atom stereocenters. The number of hydrogen-bond donors (Lipinski definition) is 12. The molecule has 52 heavy (non-hydrogen) atoms. The van der Waals surface area contributed by atoms with Crippen LogP contribution in [0.4, 0.5) is 0 Å². The summed E-state index contributed by atoms with van der Waals surface area (Å²) in [5.41, 5.74) is -0.614. The molecule has 19 nitrogen and oxygen atoms in total. The Morgan fingerprint density at radius 3 is 1.83 bits per heavy atom. The first-order valence-corrected chi connectivity index (χ1v) is 16.2. The SMILES string of the molecule is O=c1c(-c2ccc(O)cc2)coc2c([C@@H]3O[C@H](CO)[C@@H](O)[C@H](O)[C@H]3O)c(O[C@@H]3O[C@H](CO)[C@@H](O[C@H]4O[C@H](CO)[C@@H](O)[C@H](O)[C@H]4O)[C@H](O)[C@H]3O)ccc12. The molecule has 0 amide bonds. The fourth-order valence-corrected chi connectivity index (χ4v) is 6.53. The van der Waals surface area contributed by atoms with Crippen LogP contribution in [0.15, 0.2) is 51.9 Å². The molecule has 6 rings (SSSR count). The first-order valence-electron chi connectivity index (χ1n) is 16.2. The highest BCUT2D eigenvalue weighted by Gasteiger charge is 2.52. The molecule has 15 atom stereocenters. The molecule has 0 aliphatic carbocycles. The van der Waals surface area contributed by atoms with Crippen molar-refractivity contribution < 1.29 is 89.4 Å². The van der Waals surface area contributed by atoms with E-state index in [1.165, 1.54) is 36.4 Å². The van der Waals surface area contributed by atoms with Gasteiger partial charge < -0.3 is 89.4 Å². The summed E-state index contributed by atoms with van der Waals surface area (Å²) in [7, 11) is 0. The van der Waals surface area contributed by atoms with E-state index in [1.807, 2.05) is 0 Å². The van der Waals surface area contributed by atoms with E-state index in [1.54, 1.807) is 0 Å². The second kappa shape index (κ2) is 15.6. The van der Waals surface area contributed by atoms with E-state index in [4.69, 9.17) is 28.1 Å². The first kappa shape index (κ1) is 38.4. The number of hydrogen-bond acceptors (Lipinski definition) is 19. The van der Waals surface area contributed by atoms with Crippen LogP contribution < -0.4 is 10.2 Å². The van der Waals surface area contributed by atoms with Crippen molar-refractivity contribution in [1.82, 2.24) is 0 Å². The molecule has 0 bridgehead atoms. The van der Waals surface area contributed by atoms with Crippen LogP contribution in [0.5, 0.6) is 11.5 Å². The number of ether oxygens (including phenoxy) is 5. The van der Waals surface area contributed by atoms with Crippen molar-refractivity contribution in [3.8, 4) is 22.6 Å². The lowest BCUT2D eigenvalue weighted by Gasteiger charge is -2.46. The monoisotopic (exact) mass is 740 g/mol. The van der Waals surface area contributed by atoms with Crippen molar-refractivity contribution >= 4 is 11.0 Å². The zero-order valence-electron chi connectivity index (χ0n) is 27.0. The van der Waals surface area contributed by atoms with Crippen LogP contribution in [-0.2, 0) is 18.9 Å². The van der Waals surface area contributed by atoms with Crippen molar-refractivity contribution in [2.45, 2.75) is 91.9 Å². The van der Waals surface area contributed by atoms with E-state index in [0.29, 0.717) is 5.56 Å². The number of aromatic hydroxyl groups is 1. The number of fused-ring (bicyclic) bond motifs is 1. The van der Waals surface area contributed by atoms with Gasteiger partial charge in [0.05, 0.1) is 36.3 Å². The normalized spacial score (nSPS) is 38.3. The number of phenols is 1. The highest BCUT2D eigenvalue weighted by atomic mass is 16.7. The van der Waals surface area contributed by atoms with Crippen LogP contribution >= 0.6 is 0 Å². The Balaban J connectivity index is 1.36. The van der Waals surface area contributed by atoms with Gasteiger partial charge in [0.25, 0.3) is 0 Å². The number of rotatable bonds is 9. The minimum absolute atomic E-state index is 0.0481. The van der Waals surface area contributed by atoms with Gasteiger partial charge in [0.2, 0.25) is 11.7 Å². The molecule has 12 N–H and O–H groups in total. The lowest BCUT2D eigenvalue weighted by Crippen LogP contribution is -2.65. The van der Waals surface area contributed by atoms with Gasteiger partial charge in [0.1, 0.15) is 103 Å². The van der Waals surface area contributed by atoms with Gasteiger partial charge in [-0.1, -0.05) is 12.1 Å². The van der Waals surface area contributed by atoms with Crippen LogP contribution in [0.25, 0.3) is 22.1 Å². The predicted molar refractivity (Wildman–Crippen MR) is 169 cm³/mol. The summed E-state index contributed by atoms with van der Waals surface area (Å²) >= 11 is 0. The second-order valence-electron chi connectivity index (χ2n) is 12.8. The quantitative estimate of drug-likeness (QED) is 0.0987. The zero-order valence-corrected chi connectivity index (χ0v) is 27.0. The Kier molecular flexibility index (Phi) is 11.5. The Hall–Kier alpha value is -3.35. The third kappa shape index (κ3) is 6.91. The highest BCUT2D eigenvalue weighted by Crippen LogP contribution is 2.42. The minimum Gasteiger partial charge on any atom is -0.508 e. The van der Waals surface area contributed by atoms with Crippen molar-refractivity contribution in [3.05, 3.63) is 58.4 Å². The first-order chi connectivity index (χ1) is 24.8. The maximum absolute atomic E-state index is 13.7. The Bertz CT molecular complexity index is 1730. The minimum atomic E-state index is -2.00. The van der Waals surface area contributed by atoms with Crippen molar-refractivity contribution in [2.75, 3.05) is 19.8 Å². The van der Waals surface area contributed by atoms with Crippen LogP contribution in [0.3, 0.4) is 0 Å². The summed E-state index contributed by atoms with van der Waals surface area (Å²) in [6.07, 6.45) is -25.1. The van der Waals surface area contributed by atoms with E-state index in [2.05, 4.69) is 0 Å². The molecule has 3 aliphatic rings. The molecule has 0 spiro atoms. The molecule has 286 valence electrons. The summed E-state index contributed by atoms with van der Waals surface area (Å²) in [5.74, 6) is -0.355. The maximum Gasteiger partial charge on any atom is 0.229 e. The lowest BCUT2D eigenvalue weighted by molar-refractivity contribution is -0.352. The topological polar surface area (TPSA) is 319 Å². The third-order valence-corrected chi connectivity index (χ3v) is 9.50. The maximum atomic E-state index is 13.7. The summed E-state index contributed by atoms with van der Waals surface area (Å²) in [4.78, 5) is 13.7. The summed E-state index contributed by atoms with van der Waals surface area (Å²) in [5, 5.41) is 124. The molecule has 3 saturated heterocycles. The second-order valence-corrected chi connectivity index (χ2v) is 12.8. The van der Waals surface area contributed by atoms with Gasteiger partial charge in [-0.25, -0.2) is 0 Å². The molecule has 4 heterocycles. The van der Waals surface area contributed by atoms with Gasteiger partial charge in [-0.2, -0.15) is 0 Å². The average molecular weight is 741 g/mol. The molecule has 0 radical (unpaired) electrons. The standard InChI is InChI=1S/C33H40O19/c34-7-16-21(39)23(41)25(43)31(48-16)19-15(6-5-13-20(38)14(10-47-29(13)19)11-1-3-12(37)4-2-11)49-32-28(46)26(44)30(18(9-36)51-32)52-33-27(45)24(42)22(40)17(8-35)50-33/h1-6,10,16-18,21-28,30-37,39-46H,7-9H2/t16-,17-,18-,21-,22-,23+,24+,25-,26-,27-,28-,30-,31+,32-,33-/m1/s1. The van der Waals surface area contributed by atoms with Crippen LogP contribution in [0.2, 0.25) is 0 Å². The number of phenolic OH excluding ortho intramolecular Hbond substituents is 1. The van der Waals surface area contributed by atoms with E-state index < -0.39 is 117 Å². The molecule has 1 aromatic heterocycles. The summed E-state index contributed by atoms with van der Waals surface area (Å²) in [6, 6.07) is 8.15. The average Bonchev–Trinajstić information content (AvgIpc) is 3.14. The molecule has 3 fully saturated rings. The summed E-state index contributed by atoms with van der Waals surface area (Å²) in [6.45, 7) is -2.46. The highest BCUT2D eigenvalue weighted by molar-refractivity contribution is 5.86. The van der Waals surface area contributed by atoms with E-state index >= 15 is 0 Å². The van der Waals surface area contributed by atoms with Gasteiger partial charge in [-0.15, -0.1) is 0 Å². The fourth-order valence-electron chi connectivity index (χ4n) is 6.53. The van der Waals surface area contributed by atoms with Crippen LogP contribution in [0.1, 0.15) is 11.7 Å². The molecule has 3 aliphatic heterocycles. The molecule has 19 heteroatoms.